The van der Waals surface area contributed by atoms with Crippen molar-refractivity contribution in [1.82, 2.24) is 14.9 Å². The Morgan fingerprint density at radius 1 is 1.46 bits per heavy atom. The number of nitriles is 1. The van der Waals surface area contributed by atoms with Crippen molar-refractivity contribution in [2.24, 2.45) is 0 Å². The van der Waals surface area contributed by atoms with Crippen LogP contribution in [0, 0.1) is 11.3 Å². The highest BCUT2D eigenvalue weighted by Gasteiger charge is 2.27. The van der Waals surface area contributed by atoms with Gasteiger partial charge in [0.25, 0.3) is 0 Å². The molecule has 2 aromatic rings. The number of carbonyl (C=O) groups is 2. The predicted octanol–water partition coefficient (Wildman–Crippen LogP) is 2.83. The minimum atomic E-state index is -0.618. The molecule has 0 aliphatic carbocycles. The third-order valence-corrected chi connectivity index (χ3v) is 4.56. The molecule has 0 spiro atoms. The number of ether oxygens (including phenoxy) is 1. The monoisotopic (exact) mass is 383 g/mol. The van der Waals surface area contributed by atoms with Gasteiger partial charge in [0, 0.05) is 36.9 Å². The Morgan fingerprint density at radius 3 is 2.96 bits per heavy atom. The average molecular weight is 383 g/mol. The van der Waals surface area contributed by atoms with Gasteiger partial charge >= 0.3 is 5.97 Å². The Balaban J connectivity index is 1.88. The van der Waals surface area contributed by atoms with E-state index in [0.29, 0.717) is 30.0 Å². The van der Waals surface area contributed by atoms with E-state index in [2.05, 4.69) is 15.3 Å². The van der Waals surface area contributed by atoms with Crippen molar-refractivity contribution in [3.8, 4) is 6.07 Å². The standard InChI is InChI=1S/C20H25N5O3/c1-20(2,3)28-19(27)15-11-23-18-14(7-9-22-18)17(15)24-13-5-4-10-25(12-13)16(26)6-8-21/h7,9,11,13H,4-6,10,12H2,1-3H3,(H2,22,23,24)/t13-/m1/s1. The summed E-state index contributed by atoms with van der Waals surface area (Å²) in [5.41, 5.74) is 1.07. The van der Waals surface area contributed by atoms with Crippen LogP contribution in [0.1, 0.15) is 50.4 Å². The molecule has 2 aromatic heterocycles. The van der Waals surface area contributed by atoms with Gasteiger partial charge < -0.3 is 19.9 Å². The zero-order valence-corrected chi connectivity index (χ0v) is 16.4. The molecule has 0 saturated carbocycles. The maximum atomic E-state index is 12.7. The Kier molecular flexibility index (Phi) is 5.54. The Hall–Kier alpha value is -3.08. The maximum absolute atomic E-state index is 12.7. The Labute approximate surface area is 163 Å². The number of carbonyl (C=O) groups excluding carboxylic acids is 2. The summed E-state index contributed by atoms with van der Waals surface area (Å²) in [5.74, 6) is -0.610. The number of esters is 1. The van der Waals surface area contributed by atoms with Crippen LogP contribution in [-0.2, 0) is 9.53 Å². The van der Waals surface area contributed by atoms with Crippen molar-refractivity contribution in [2.75, 3.05) is 18.4 Å². The van der Waals surface area contributed by atoms with Crippen molar-refractivity contribution >= 4 is 28.6 Å². The highest BCUT2D eigenvalue weighted by molar-refractivity contribution is 6.04. The summed E-state index contributed by atoms with van der Waals surface area (Å²) < 4.78 is 5.54. The van der Waals surface area contributed by atoms with Crippen LogP contribution in [0.3, 0.4) is 0 Å². The SMILES string of the molecule is CC(C)(C)OC(=O)c1cnc2[nH]ccc2c1N[C@@H]1CCCN(C(=O)CC#N)C1. The lowest BCUT2D eigenvalue weighted by Gasteiger charge is -2.34. The highest BCUT2D eigenvalue weighted by Crippen LogP contribution is 2.29. The number of rotatable bonds is 4. The van der Waals surface area contributed by atoms with Gasteiger partial charge in [0.1, 0.15) is 23.2 Å². The molecule has 8 heteroatoms. The third kappa shape index (κ3) is 4.42. The van der Waals surface area contributed by atoms with Gasteiger partial charge in [0.15, 0.2) is 0 Å². The zero-order valence-electron chi connectivity index (χ0n) is 16.4. The van der Waals surface area contributed by atoms with Crippen LogP contribution in [0.2, 0.25) is 0 Å². The summed E-state index contributed by atoms with van der Waals surface area (Å²) in [6, 6.07) is 3.74. The molecule has 2 N–H and O–H groups in total. The molecule has 1 fully saturated rings. The van der Waals surface area contributed by atoms with Crippen molar-refractivity contribution in [3.05, 3.63) is 24.0 Å². The molecule has 148 valence electrons. The molecule has 1 aliphatic heterocycles. The van der Waals surface area contributed by atoms with Gasteiger partial charge in [0.2, 0.25) is 5.91 Å². The molecule has 0 radical (unpaired) electrons. The van der Waals surface area contributed by atoms with Crippen LogP contribution in [-0.4, -0.2) is 51.5 Å². The number of amides is 1. The number of nitrogens with zero attached hydrogens (tertiary/aromatic N) is 3. The summed E-state index contributed by atoms with van der Waals surface area (Å²) in [6.07, 6.45) is 4.85. The third-order valence-electron chi connectivity index (χ3n) is 4.56. The molecular weight excluding hydrogens is 358 g/mol. The number of piperidine rings is 1. The van der Waals surface area contributed by atoms with Crippen LogP contribution >= 0.6 is 0 Å². The van der Waals surface area contributed by atoms with Gasteiger partial charge in [-0.25, -0.2) is 9.78 Å². The lowest BCUT2D eigenvalue weighted by molar-refractivity contribution is -0.131. The van der Waals surface area contributed by atoms with E-state index in [1.165, 1.54) is 6.20 Å². The first-order valence-corrected chi connectivity index (χ1v) is 9.39. The first kappa shape index (κ1) is 19.7. The lowest BCUT2D eigenvalue weighted by Crippen LogP contribution is -2.45. The summed E-state index contributed by atoms with van der Waals surface area (Å²) in [5, 5.41) is 13.0. The summed E-state index contributed by atoms with van der Waals surface area (Å²) in [4.78, 5) is 33.9. The first-order valence-electron chi connectivity index (χ1n) is 9.39. The number of nitrogens with one attached hydrogen (secondary N) is 2. The number of aromatic nitrogens is 2. The Bertz CT molecular complexity index is 922. The van der Waals surface area contributed by atoms with Crippen LogP contribution in [0.15, 0.2) is 18.5 Å². The quantitative estimate of drug-likeness (QED) is 0.786. The van der Waals surface area contributed by atoms with Crippen LogP contribution in [0.4, 0.5) is 5.69 Å². The van der Waals surface area contributed by atoms with Gasteiger partial charge in [-0.15, -0.1) is 0 Å². The fraction of sp³-hybridized carbons (Fsp3) is 0.500. The maximum Gasteiger partial charge on any atom is 0.342 e. The number of pyridine rings is 1. The number of anilines is 1. The highest BCUT2D eigenvalue weighted by atomic mass is 16.6. The van der Waals surface area contributed by atoms with Gasteiger partial charge in [-0.3, -0.25) is 4.79 Å². The predicted molar refractivity (Wildman–Crippen MR) is 105 cm³/mol. The van der Waals surface area contributed by atoms with Crippen molar-refractivity contribution < 1.29 is 14.3 Å². The van der Waals surface area contributed by atoms with E-state index in [4.69, 9.17) is 10.00 Å². The molecule has 1 aliphatic rings. The fourth-order valence-corrected chi connectivity index (χ4v) is 3.36. The largest absolute Gasteiger partial charge is 0.456 e. The van der Waals surface area contributed by atoms with E-state index in [1.54, 1.807) is 11.1 Å². The van der Waals surface area contributed by atoms with E-state index in [1.807, 2.05) is 32.9 Å². The average Bonchev–Trinajstić information content (AvgIpc) is 3.10. The number of H-pyrrole nitrogens is 1. The number of likely N-dealkylation sites (tertiary alicyclic amines) is 1. The molecule has 0 bridgehead atoms. The van der Waals surface area contributed by atoms with Gasteiger partial charge in [-0.05, 0) is 39.7 Å². The van der Waals surface area contributed by atoms with Crippen LogP contribution in [0.5, 0.6) is 0 Å². The molecule has 28 heavy (non-hydrogen) atoms. The first-order chi connectivity index (χ1) is 13.3. The van der Waals surface area contributed by atoms with E-state index >= 15 is 0 Å². The summed E-state index contributed by atoms with van der Waals surface area (Å²) in [6.45, 7) is 6.59. The second kappa shape index (κ2) is 7.89. The smallest absolute Gasteiger partial charge is 0.342 e. The summed E-state index contributed by atoms with van der Waals surface area (Å²) >= 11 is 0. The molecule has 3 heterocycles. The minimum Gasteiger partial charge on any atom is -0.456 e. The number of fused-ring (bicyclic) bond motifs is 1. The molecule has 0 unspecified atom stereocenters. The van der Waals surface area contributed by atoms with Crippen LogP contribution < -0.4 is 5.32 Å². The molecule has 0 aromatic carbocycles. The van der Waals surface area contributed by atoms with E-state index in [-0.39, 0.29) is 18.4 Å². The van der Waals surface area contributed by atoms with Crippen molar-refractivity contribution in [1.29, 1.82) is 5.26 Å². The molecule has 3 rings (SSSR count). The van der Waals surface area contributed by atoms with Crippen LogP contribution in [0.25, 0.3) is 11.0 Å². The zero-order chi connectivity index (χ0) is 20.3. The normalized spacial score (nSPS) is 17.2. The van der Waals surface area contributed by atoms with Gasteiger partial charge in [-0.1, -0.05) is 0 Å². The number of hydrogen-bond acceptors (Lipinski definition) is 6. The topological polar surface area (TPSA) is 111 Å². The molecule has 1 atom stereocenters. The Morgan fingerprint density at radius 2 is 2.25 bits per heavy atom. The second-order valence-corrected chi connectivity index (χ2v) is 7.95. The van der Waals surface area contributed by atoms with Crippen molar-refractivity contribution in [3.63, 3.8) is 0 Å². The van der Waals surface area contributed by atoms with Gasteiger partial charge in [0.05, 0.1) is 11.8 Å². The van der Waals surface area contributed by atoms with E-state index < -0.39 is 11.6 Å². The van der Waals surface area contributed by atoms with E-state index in [9.17, 15) is 9.59 Å². The van der Waals surface area contributed by atoms with Gasteiger partial charge in [-0.2, -0.15) is 5.26 Å². The summed E-state index contributed by atoms with van der Waals surface area (Å²) in [7, 11) is 0. The fourth-order valence-electron chi connectivity index (χ4n) is 3.36. The van der Waals surface area contributed by atoms with E-state index in [0.717, 1.165) is 18.2 Å². The number of aromatic amines is 1. The second-order valence-electron chi connectivity index (χ2n) is 7.95. The molecule has 1 saturated heterocycles. The minimum absolute atomic E-state index is 0.0296. The van der Waals surface area contributed by atoms with Crippen molar-refractivity contribution in [2.45, 2.75) is 51.7 Å². The molecule has 8 nitrogen and oxygen atoms in total. The molecular formula is C20H25N5O3. The lowest BCUT2D eigenvalue weighted by atomic mass is 10.0. The molecule has 1 amide bonds. The number of hydrogen-bond donors (Lipinski definition) is 2.